The standard InChI is InChI=1S/C18H27N7O/c1-14-17(23-24-25(14)15-7-12-19-13-8-15)18(26)22-11-5-4-10-21-16-6-2-3-9-20-16/h2-3,6,9,15,19H,4-5,7-8,10-13H2,1H3,(H,20,21)(H,22,26). The first-order valence-electron chi connectivity index (χ1n) is 9.31. The normalized spacial score (nSPS) is 15.0. The maximum atomic E-state index is 12.4. The lowest BCUT2D eigenvalue weighted by atomic mass is 10.1. The number of hydrogen-bond acceptors (Lipinski definition) is 6. The molecule has 0 aromatic carbocycles. The van der Waals surface area contributed by atoms with Crippen LogP contribution in [0.15, 0.2) is 24.4 Å². The molecule has 3 rings (SSSR count). The quantitative estimate of drug-likeness (QED) is 0.620. The zero-order chi connectivity index (χ0) is 18.2. The number of aromatic nitrogens is 4. The number of nitrogens with zero attached hydrogens (tertiary/aromatic N) is 4. The molecule has 8 nitrogen and oxygen atoms in total. The second-order valence-electron chi connectivity index (χ2n) is 6.55. The van der Waals surface area contributed by atoms with Crippen LogP contribution in [0, 0.1) is 6.92 Å². The van der Waals surface area contributed by atoms with Gasteiger partial charge < -0.3 is 16.0 Å². The molecule has 3 N–H and O–H groups in total. The minimum atomic E-state index is -0.139. The van der Waals surface area contributed by atoms with Crippen molar-refractivity contribution in [3.63, 3.8) is 0 Å². The molecule has 0 bridgehead atoms. The zero-order valence-electron chi connectivity index (χ0n) is 15.2. The van der Waals surface area contributed by atoms with Gasteiger partial charge in [-0.25, -0.2) is 9.67 Å². The van der Waals surface area contributed by atoms with Crippen LogP contribution in [0.25, 0.3) is 0 Å². The number of piperidine rings is 1. The summed E-state index contributed by atoms with van der Waals surface area (Å²) >= 11 is 0. The van der Waals surface area contributed by atoms with E-state index < -0.39 is 0 Å². The average Bonchev–Trinajstić information content (AvgIpc) is 3.07. The smallest absolute Gasteiger partial charge is 0.273 e. The maximum Gasteiger partial charge on any atom is 0.273 e. The third kappa shape index (κ3) is 4.78. The summed E-state index contributed by atoms with van der Waals surface area (Å²) in [6.45, 7) is 5.35. The van der Waals surface area contributed by atoms with E-state index in [1.807, 2.05) is 29.8 Å². The van der Waals surface area contributed by atoms with Gasteiger partial charge in [-0.3, -0.25) is 4.79 Å². The third-order valence-corrected chi connectivity index (χ3v) is 4.66. The van der Waals surface area contributed by atoms with Crippen molar-refractivity contribution in [1.29, 1.82) is 0 Å². The molecule has 1 aliphatic heterocycles. The minimum Gasteiger partial charge on any atom is -0.370 e. The lowest BCUT2D eigenvalue weighted by Crippen LogP contribution is -2.30. The maximum absolute atomic E-state index is 12.4. The lowest BCUT2D eigenvalue weighted by Gasteiger charge is -2.23. The number of carbonyl (C=O) groups excluding carboxylic acids is 1. The predicted molar refractivity (Wildman–Crippen MR) is 100 cm³/mol. The van der Waals surface area contributed by atoms with Gasteiger partial charge >= 0.3 is 0 Å². The van der Waals surface area contributed by atoms with Gasteiger partial charge in [-0.2, -0.15) is 0 Å². The monoisotopic (exact) mass is 357 g/mol. The minimum absolute atomic E-state index is 0.139. The van der Waals surface area contributed by atoms with E-state index in [1.165, 1.54) is 0 Å². The van der Waals surface area contributed by atoms with E-state index >= 15 is 0 Å². The number of anilines is 1. The average molecular weight is 357 g/mol. The molecule has 1 fully saturated rings. The summed E-state index contributed by atoms with van der Waals surface area (Å²) in [5, 5.41) is 17.9. The van der Waals surface area contributed by atoms with Crippen LogP contribution in [0.1, 0.15) is 47.9 Å². The van der Waals surface area contributed by atoms with Crippen LogP contribution < -0.4 is 16.0 Å². The second kappa shape index (κ2) is 9.28. The van der Waals surface area contributed by atoms with Crippen LogP contribution in [0.3, 0.4) is 0 Å². The summed E-state index contributed by atoms with van der Waals surface area (Å²) in [5.74, 6) is 0.738. The van der Waals surface area contributed by atoms with Gasteiger partial charge in [-0.05, 0) is 57.8 Å². The summed E-state index contributed by atoms with van der Waals surface area (Å²) in [5.41, 5.74) is 1.29. The Hall–Kier alpha value is -2.48. The molecule has 140 valence electrons. The highest BCUT2D eigenvalue weighted by Crippen LogP contribution is 2.20. The molecule has 0 saturated carbocycles. The predicted octanol–water partition coefficient (Wildman–Crippen LogP) is 1.53. The van der Waals surface area contributed by atoms with Gasteiger partial charge in [0.15, 0.2) is 5.69 Å². The fourth-order valence-electron chi connectivity index (χ4n) is 3.17. The Kier molecular flexibility index (Phi) is 6.54. The van der Waals surface area contributed by atoms with Gasteiger partial charge in [0.2, 0.25) is 0 Å². The highest BCUT2D eigenvalue weighted by Gasteiger charge is 2.22. The van der Waals surface area contributed by atoms with E-state index in [9.17, 15) is 4.79 Å². The van der Waals surface area contributed by atoms with Gasteiger partial charge in [0.05, 0.1) is 11.7 Å². The molecule has 0 unspecified atom stereocenters. The highest BCUT2D eigenvalue weighted by molar-refractivity contribution is 5.93. The summed E-state index contributed by atoms with van der Waals surface area (Å²) in [4.78, 5) is 16.6. The van der Waals surface area contributed by atoms with E-state index in [0.29, 0.717) is 18.3 Å². The summed E-state index contributed by atoms with van der Waals surface area (Å²) in [7, 11) is 0. The number of unbranched alkanes of at least 4 members (excludes halogenated alkanes) is 1. The molecule has 2 aromatic heterocycles. The fraction of sp³-hybridized carbons (Fsp3) is 0.556. The largest absolute Gasteiger partial charge is 0.370 e. The van der Waals surface area contributed by atoms with Gasteiger partial charge in [-0.1, -0.05) is 11.3 Å². The molecule has 0 atom stereocenters. The molecule has 2 aromatic rings. The van der Waals surface area contributed by atoms with Crippen LogP contribution >= 0.6 is 0 Å². The molecule has 1 saturated heterocycles. The number of amides is 1. The van der Waals surface area contributed by atoms with E-state index in [-0.39, 0.29) is 5.91 Å². The number of hydrogen-bond donors (Lipinski definition) is 3. The molecule has 0 radical (unpaired) electrons. The molecular weight excluding hydrogens is 330 g/mol. The molecule has 1 amide bonds. The zero-order valence-corrected chi connectivity index (χ0v) is 15.2. The Morgan fingerprint density at radius 2 is 2.08 bits per heavy atom. The Morgan fingerprint density at radius 3 is 2.85 bits per heavy atom. The molecule has 3 heterocycles. The van der Waals surface area contributed by atoms with Crippen molar-refractivity contribution < 1.29 is 4.79 Å². The van der Waals surface area contributed by atoms with Crippen LogP contribution in [-0.2, 0) is 0 Å². The van der Waals surface area contributed by atoms with Crippen molar-refractivity contribution >= 4 is 11.7 Å². The first-order chi connectivity index (χ1) is 12.8. The summed E-state index contributed by atoms with van der Waals surface area (Å²) in [6, 6.07) is 6.12. The van der Waals surface area contributed by atoms with E-state index in [4.69, 9.17) is 0 Å². The second-order valence-corrected chi connectivity index (χ2v) is 6.55. The van der Waals surface area contributed by atoms with Gasteiger partial charge in [0, 0.05) is 19.3 Å². The van der Waals surface area contributed by atoms with Crippen LogP contribution in [-0.4, -0.2) is 52.1 Å². The molecule has 0 spiro atoms. The highest BCUT2D eigenvalue weighted by atomic mass is 16.2. The van der Waals surface area contributed by atoms with Crippen LogP contribution in [0.5, 0.6) is 0 Å². The first-order valence-corrected chi connectivity index (χ1v) is 9.31. The molecular formula is C18H27N7O. The van der Waals surface area contributed by atoms with Crippen LogP contribution in [0.2, 0.25) is 0 Å². The molecule has 0 aliphatic carbocycles. The Balaban J connectivity index is 1.39. The third-order valence-electron chi connectivity index (χ3n) is 4.66. The van der Waals surface area contributed by atoms with Crippen molar-refractivity contribution in [3.8, 4) is 0 Å². The lowest BCUT2D eigenvalue weighted by molar-refractivity contribution is 0.0947. The van der Waals surface area contributed by atoms with Crippen molar-refractivity contribution in [2.24, 2.45) is 0 Å². The van der Waals surface area contributed by atoms with Gasteiger partial charge in [-0.15, -0.1) is 5.10 Å². The van der Waals surface area contributed by atoms with Crippen molar-refractivity contribution in [1.82, 2.24) is 30.6 Å². The summed E-state index contributed by atoms with van der Waals surface area (Å²) < 4.78 is 1.91. The van der Waals surface area contributed by atoms with E-state index in [1.54, 1.807) is 6.20 Å². The Labute approximate surface area is 153 Å². The number of pyridine rings is 1. The SMILES string of the molecule is Cc1c(C(=O)NCCCCNc2ccccn2)nnn1C1CCNCC1. The van der Waals surface area contributed by atoms with Crippen molar-refractivity contribution in [2.45, 2.75) is 38.6 Å². The number of carbonyl (C=O) groups is 1. The van der Waals surface area contributed by atoms with Gasteiger partial charge in [0.25, 0.3) is 5.91 Å². The molecule has 26 heavy (non-hydrogen) atoms. The van der Waals surface area contributed by atoms with Crippen molar-refractivity contribution in [2.75, 3.05) is 31.5 Å². The van der Waals surface area contributed by atoms with Crippen molar-refractivity contribution in [3.05, 3.63) is 35.8 Å². The fourth-order valence-corrected chi connectivity index (χ4v) is 3.17. The van der Waals surface area contributed by atoms with E-state index in [2.05, 4.69) is 31.2 Å². The first kappa shape index (κ1) is 18.3. The Bertz CT molecular complexity index is 695. The number of rotatable bonds is 8. The van der Waals surface area contributed by atoms with Gasteiger partial charge in [0.1, 0.15) is 5.82 Å². The Morgan fingerprint density at radius 1 is 1.27 bits per heavy atom. The summed E-state index contributed by atoms with van der Waals surface area (Å²) in [6.07, 6.45) is 5.66. The molecule has 8 heteroatoms. The van der Waals surface area contributed by atoms with E-state index in [0.717, 1.165) is 56.8 Å². The molecule has 1 aliphatic rings. The topological polar surface area (TPSA) is 96.8 Å². The number of nitrogens with one attached hydrogen (secondary N) is 3. The van der Waals surface area contributed by atoms with Crippen LogP contribution in [0.4, 0.5) is 5.82 Å².